The number of H-pyrrole nitrogens is 1. The summed E-state index contributed by atoms with van der Waals surface area (Å²) in [4.78, 5) is 29.1. The second kappa shape index (κ2) is 5.56. The van der Waals surface area contributed by atoms with Crippen LogP contribution in [-0.2, 0) is 6.54 Å². The second-order valence-corrected chi connectivity index (χ2v) is 6.79. The molecule has 0 radical (unpaired) electrons. The third-order valence-corrected chi connectivity index (χ3v) is 5.07. The lowest BCUT2D eigenvalue weighted by atomic mass is 9.99. The van der Waals surface area contributed by atoms with Gasteiger partial charge < -0.3 is 0 Å². The van der Waals surface area contributed by atoms with Crippen molar-refractivity contribution >= 4 is 21.6 Å². The smallest absolute Gasteiger partial charge is 0.298 e. The molecule has 0 aliphatic carbocycles. The molecule has 0 saturated heterocycles. The molecule has 23 heavy (non-hydrogen) atoms. The largest absolute Gasteiger partial charge is 0.330 e. The van der Waals surface area contributed by atoms with Gasteiger partial charge in [0.2, 0.25) is 0 Å². The lowest BCUT2D eigenvalue weighted by molar-refractivity contribution is 0.743. The zero-order chi connectivity index (χ0) is 16.7. The Balaban J connectivity index is 2.42. The van der Waals surface area contributed by atoms with Crippen molar-refractivity contribution in [2.24, 2.45) is 0 Å². The molecule has 0 atom stereocenters. The van der Waals surface area contributed by atoms with E-state index >= 15 is 0 Å². The highest BCUT2D eigenvalue weighted by atomic mass is 32.1. The number of aromatic nitrogens is 2. The van der Waals surface area contributed by atoms with Crippen LogP contribution in [-0.4, -0.2) is 9.55 Å². The number of aromatic amines is 1. The highest BCUT2D eigenvalue weighted by molar-refractivity contribution is 7.19. The van der Waals surface area contributed by atoms with Crippen molar-refractivity contribution in [1.29, 1.82) is 0 Å². The summed E-state index contributed by atoms with van der Waals surface area (Å²) in [5.41, 5.74) is 3.42. The lowest BCUT2D eigenvalue weighted by Gasteiger charge is -2.06. The summed E-state index contributed by atoms with van der Waals surface area (Å²) in [6, 6.07) is 6.12. The standard InChI is InChI=1S/C18H16N2O2S/c1-5-8-20-17(21)15-14(12(4)23-16(15)19-18(20)22)13-7-6-10(2)11(3)9-13/h1,6-7,9H,8H2,2-4H3,(H,19,22). The van der Waals surface area contributed by atoms with Crippen molar-refractivity contribution < 1.29 is 0 Å². The Kier molecular flexibility index (Phi) is 3.70. The van der Waals surface area contributed by atoms with Gasteiger partial charge in [-0.05, 0) is 37.5 Å². The molecule has 1 N–H and O–H groups in total. The summed E-state index contributed by atoms with van der Waals surface area (Å²) >= 11 is 1.42. The third-order valence-electron chi connectivity index (χ3n) is 4.05. The van der Waals surface area contributed by atoms with Crippen LogP contribution in [0.2, 0.25) is 0 Å². The minimum Gasteiger partial charge on any atom is -0.298 e. The number of terminal acetylenes is 1. The van der Waals surface area contributed by atoms with E-state index in [0.29, 0.717) is 10.2 Å². The van der Waals surface area contributed by atoms with Crippen LogP contribution in [0, 0.1) is 33.1 Å². The number of fused-ring (bicyclic) bond motifs is 1. The van der Waals surface area contributed by atoms with Crippen molar-refractivity contribution in [2.75, 3.05) is 0 Å². The molecule has 1 aromatic carbocycles. The van der Waals surface area contributed by atoms with E-state index in [1.807, 2.05) is 26.0 Å². The van der Waals surface area contributed by atoms with E-state index in [4.69, 9.17) is 6.42 Å². The van der Waals surface area contributed by atoms with Gasteiger partial charge in [0.1, 0.15) is 4.83 Å². The highest BCUT2D eigenvalue weighted by Crippen LogP contribution is 2.35. The Hall–Kier alpha value is -2.58. The van der Waals surface area contributed by atoms with Gasteiger partial charge in [0.05, 0.1) is 11.9 Å². The van der Waals surface area contributed by atoms with E-state index in [1.165, 1.54) is 16.9 Å². The SMILES string of the molecule is C#CCn1c(=O)[nH]c2sc(C)c(-c3ccc(C)c(C)c3)c2c1=O. The first kappa shape index (κ1) is 15.3. The Bertz CT molecular complexity index is 1080. The molecule has 5 heteroatoms. The van der Waals surface area contributed by atoms with E-state index in [-0.39, 0.29) is 12.1 Å². The molecule has 0 aliphatic rings. The third kappa shape index (κ3) is 2.41. The summed E-state index contributed by atoms with van der Waals surface area (Å²) in [7, 11) is 0. The van der Waals surface area contributed by atoms with E-state index in [2.05, 4.69) is 23.9 Å². The van der Waals surface area contributed by atoms with Crippen LogP contribution in [0.25, 0.3) is 21.3 Å². The minimum atomic E-state index is -0.465. The summed E-state index contributed by atoms with van der Waals surface area (Å²) in [6.45, 7) is 6.01. The van der Waals surface area contributed by atoms with E-state index in [9.17, 15) is 9.59 Å². The molecule has 3 aromatic rings. The zero-order valence-electron chi connectivity index (χ0n) is 13.2. The molecule has 0 unspecified atom stereocenters. The molecule has 2 heterocycles. The number of hydrogen-bond donors (Lipinski definition) is 1. The fraction of sp³-hybridized carbons (Fsp3) is 0.222. The lowest BCUT2D eigenvalue weighted by Crippen LogP contribution is -2.34. The number of benzene rings is 1. The Morgan fingerprint density at radius 2 is 1.96 bits per heavy atom. The number of nitrogens with one attached hydrogen (secondary N) is 1. The Labute approximate surface area is 137 Å². The number of rotatable bonds is 2. The predicted octanol–water partition coefficient (Wildman–Crippen LogP) is 2.98. The van der Waals surface area contributed by atoms with Crippen LogP contribution in [0.1, 0.15) is 16.0 Å². The van der Waals surface area contributed by atoms with Crippen LogP contribution in [0.15, 0.2) is 27.8 Å². The topological polar surface area (TPSA) is 54.9 Å². The molecule has 0 spiro atoms. The maximum absolute atomic E-state index is 12.8. The quantitative estimate of drug-likeness (QED) is 0.737. The van der Waals surface area contributed by atoms with Gasteiger partial charge in [-0.1, -0.05) is 24.1 Å². The monoisotopic (exact) mass is 324 g/mol. The first-order valence-corrected chi connectivity index (χ1v) is 8.03. The van der Waals surface area contributed by atoms with Crippen molar-refractivity contribution in [3.8, 4) is 23.5 Å². The van der Waals surface area contributed by atoms with Crippen molar-refractivity contribution in [1.82, 2.24) is 9.55 Å². The molecule has 0 saturated carbocycles. The van der Waals surface area contributed by atoms with E-state index < -0.39 is 5.69 Å². The molecule has 0 aliphatic heterocycles. The van der Waals surface area contributed by atoms with E-state index in [1.54, 1.807) is 0 Å². The number of thiophene rings is 1. The highest BCUT2D eigenvalue weighted by Gasteiger charge is 2.18. The zero-order valence-corrected chi connectivity index (χ0v) is 14.0. The van der Waals surface area contributed by atoms with Gasteiger partial charge in [-0.25, -0.2) is 9.36 Å². The Morgan fingerprint density at radius 3 is 2.61 bits per heavy atom. The first-order valence-electron chi connectivity index (χ1n) is 7.21. The first-order chi connectivity index (χ1) is 10.9. The predicted molar refractivity (Wildman–Crippen MR) is 95.2 cm³/mol. The second-order valence-electron chi connectivity index (χ2n) is 5.56. The minimum absolute atomic E-state index is 0.0363. The number of nitrogens with zero attached hydrogens (tertiary/aromatic N) is 1. The van der Waals surface area contributed by atoms with E-state index in [0.717, 1.165) is 26.1 Å². The molecular weight excluding hydrogens is 308 g/mol. The summed E-state index contributed by atoms with van der Waals surface area (Å²) in [6.07, 6.45) is 5.27. The average Bonchev–Trinajstić information content (AvgIpc) is 2.82. The molecule has 3 rings (SSSR count). The van der Waals surface area contributed by atoms with Crippen molar-refractivity contribution in [2.45, 2.75) is 27.3 Å². The summed E-state index contributed by atoms with van der Waals surface area (Å²) in [5.74, 6) is 2.36. The van der Waals surface area contributed by atoms with Crippen LogP contribution in [0.4, 0.5) is 0 Å². The van der Waals surface area contributed by atoms with Gasteiger partial charge in [0.15, 0.2) is 0 Å². The van der Waals surface area contributed by atoms with Crippen LogP contribution < -0.4 is 11.2 Å². The molecule has 2 aromatic heterocycles. The van der Waals surface area contributed by atoms with Gasteiger partial charge in [-0.15, -0.1) is 17.8 Å². The van der Waals surface area contributed by atoms with Gasteiger partial charge in [0, 0.05) is 10.4 Å². The van der Waals surface area contributed by atoms with Crippen LogP contribution in [0.3, 0.4) is 0 Å². The molecular formula is C18H16N2O2S. The van der Waals surface area contributed by atoms with Gasteiger partial charge in [-0.2, -0.15) is 0 Å². The van der Waals surface area contributed by atoms with Crippen LogP contribution in [0.5, 0.6) is 0 Å². The number of aryl methyl sites for hydroxylation is 3. The summed E-state index contributed by atoms with van der Waals surface area (Å²) < 4.78 is 1.07. The van der Waals surface area contributed by atoms with Gasteiger partial charge >= 0.3 is 5.69 Å². The van der Waals surface area contributed by atoms with Gasteiger partial charge in [0.25, 0.3) is 5.56 Å². The number of hydrogen-bond acceptors (Lipinski definition) is 3. The van der Waals surface area contributed by atoms with Gasteiger partial charge in [-0.3, -0.25) is 9.78 Å². The maximum atomic E-state index is 12.8. The average molecular weight is 324 g/mol. The molecule has 4 nitrogen and oxygen atoms in total. The molecule has 0 amide bonds. The molecule has 0 fully saturated rings. The van der Waals surface area contributed by atoms with Crippen molar-refractivity contribution in [3.63, 3.8) is 0 Å². The fourth-order valence-corrected chi connectivity index (χ4v) is 3.77. The molecule has 116 valence electrons. The fourth-order valence-electron chi connectivity index (χ4n) is 2.71. The Morgan fingerprint density at radius 1 is 1.22 bits per heavy atom. The maximum Gasteiger partial charge on any atom is 0.330 e. The van der Waals surface area contributed by atoms with Crippen LogP contribution >= 0.6 is 11.3 Å². The normalized spacial score (nSPS) is 10.9. The molecule has 0 bridgehead atoms. The van der Waals surface area contributed by atoms with Crippen molar-refractivity contribution in [3.05, 3.63) is 55.0 Å². The summed E-state index contributed by atoms with van der Waals surface area (Å²) in [5, 5.41) is 0.533.